The summed E-state index contributed by atoms with van der Waals surface area (Å²) < 4.78 is 13.8. The molecule has 3 saturated heterocycles. The Morgan fingerprint density at radius 1 is 1.04 bits per heavy atom. The minimum absolute atomic E-state index is 0.116. The van der Waals surface area contributed by atoms with Crippen LogP contribution in [0.2, 0.25) is 0 Å². The lowest BCUT2D eigenvalue weighted by Gasteiger charge is -2.69. The molecule has 1 aromatic carbocycles. The molecule has 8 aliphatic heterocycles. The number of carbonyl (C=O) groups excluding carboxylic acids is 2. The van der Waals surface area contributed by atoms with Crippen LogP contribution in [0.4, 0.5) is 0 Å². The van der Waals surface area contributed by atoms with E-state index in [0.29, 0.717) is 42.2 Å². The third-order valence-corrected chi connectivity index (χ3v) is 15.4. The summed E-state index contributed by atoms with van der Waals surface area (Å²) in [7, 11) is 0. The SMILES string of the molecule is CCCC1CC=C2OC(=O)C34C=C(CCC23C2(OC(=O)c3c(CCCN)cccc32)C4CC(C)CC)C2CC(C)CC=C2N2CC3CC(C2)CN1C3. The van der Waals surface area contributed by atoms with Gasteiger partial charge in [0.1, 0.15) is 11.2 Å². The van der Waals surface area contributed by atoms with E-state index in [0.717, 1.165) is 119 Å². The number of carbonyl (C=O) groups is 2. The summed E-state index contributed by atoms with van der Waals surface area (Å²) in [5, 5.41) is 0. The lowest BCUT2D eigenvalue weighted by molar-refractivity contribution is -0.274. The number of nitrogens with two attached hydrogens (primary N) is 1. The summed E-state index contributed by atoms with van der Waals surface area (Å²) in [6.07, 6.45) is 19.0. The van der Waals surface area contributed by atoms with Crippen LogP contribution in [0.15, 0.2) is 53.5 Å². The smallest absolute Gasteiger partial charge is 0.339 e. The summed E-state index contributed by atoms with van der Waals surface area (Å²) in [6, 6.07) is 6.73. The number of ether oxygens (including phenoxy) is 2. The normalized spacial score (nSPS) is 40.4. The fourth-order valence-corrected chi connectivity index (χ4v) is 13.1. The lowest BCUT2D eigenvalue weighted by Crippen LogP contribution is -2.75. The predicted octanol–water partition coefficient (Wildman–Crippen LogP) is 7.90. The number of hydrogen-bond donors (Lipinski definition) is 1. The van der Waals surface area contributed by atoms with Crippen molar-refractivity contribution in [3.63, 3.8) is 0 Å². The molecule has 2 spiro atoms. The molecule has 3 aliphatic carbocycles. The van der Waals surface area contributed by atoms with Crippen LogP contribution in [0.5, 0.6) is 0 Å². The maximum absolute atomic E-state index is 15.1. The molecular weight excluding hydrogens is 647 g/mol. The summed E-state index contributed by atoms with van der Waals surface area (Å²) in [5.41, 5.74) is 9.06. The molecule has 12 rings (SSSR count). The molecule has 7 heteroatoms. The van der Waals surface area contributed by atoms with E-state index in [4.69, 9.17) is 15.2 Å². The first kappa shape index (κ1) is 34.8. The van der Waals surface area contributed by atoms with Crippen molar-refractivity contribution in [3.05, 3.63) is 70.1 Å². The van der Waals surface area contributed by atoms with Gasteiger partial charge in [-0.25, -0.2) is 4.79 Å². The van der Waals surface area contributed by atoms with E-state index in [9.17, 15) is 4.79 Å². The average Bonchev–Trinajstić information content (AvgIpc) is 3.58. The van der Waals surface area contributed by atoms with Crippen molar-refractivity contribution in [1.82, 2.24) is 9.80 Å². The number of piperidine rings is 2. The Kier molecular flexibility index (Phi) is 8.61. The van der Waals surface area contributed by atoms with Crippen molar-refractivity contribution in [1.29, 1.82) is 0 Å². The van der Waals surface area contributed by atoms with E-state index in [1.807, 2.05) is 0 Å². The molecule has 7 nitrogen and oxygen atoms in total. The highest BCUT2D eigenvalue weighted by atomic mass is 16.6. The molecule has 11 aliphatic rings. The lowest BCUT2D eigenvalue weighted by atomic mass is 9.31. The van der Waals surface area contributed by atoms with Crippen LogP contribution in [-0.4, -0.2) is 60.5 Å². The van der Waals surface area contributed by atoms with Gasteiger partial charge in [0.05, 0.1) is 11.0 Å². The number of fused-ring (bicyclic) bond motifs is 2. The first-order valence-electron chi connectivity index (χ1n) is 21.1. The van der Waals surface area contributed by atoms with Crippen LogP contribution >= 0.6 is 0 Å². The van der Waals surface area contributed by atoms with E-state index in [2.05, 4.69) is 73.9 Å². The van der Waals surface area contributed by atoms with Crippen molar-refractivity contribution in [2.75, 3.05) is 32.7 Å². The molecule has 10 unspecified atom stereocenters. The molecule has 52 heavy (non-hydrogen) atoms. The van der Waals surface area contributed by atoms with Gasteiger partial charge >= 0.3 is 11.9 Å². The van der Waals surface area contributed by atoms with Crippen molar-refractivity contribution in [2.45, 2.75) is 116 Å². The highest BCUT2D eigenvalue weighted by Gasteiger charge is 2.91. The quantitative estimate of drug-likeness (QED) is 0.217. The van der Waals surface area contributed by atoms with Gasteiger partial charge in [-0.3, -0.25) is 9.69 Å². The Balaban J connectivity index is 1.28. The van der Waals surface area contributed by atoms with Gasteiger partial charge in [-0.15, -0.1) is 0 Å². The molecule has 8 heterocycles. The Morgan fingerprint density at radius 2 is 1.85 bits per heavy atom. The second kappa shape index (κ2) is 12.9. The van der Waals surface area contributed by atoms with Crippen molar-refractivity contribution < 1.29 is 19.1 Å². The Morgan fingerprint density at radius 3 is 2.60 bits per heavy atom. The fraction of sp³-hybridized carbons (Fsp3) is 0.689. The van der Waals surface area contributed by atoms with Crippen LogP contribution < -0.4 is 5.73 Å². The number of allylic oxidation sites excluding steroid dienone is 2. The third kappa shape index (κ3) is 4.69. The van der Waals surface area contributed by atoms with Crippen molar-refractivity contribution in [3.8, 4) is 0 Å². The number of aryl methyl sites for hydroxylation is 1. The zero-order chi connectivity index (χ0) is 36.0. The first-order chi connectivity index (χ1) is 25.2. The average molecular weight is 708 g/mol. The van der Waals surface area contributed by atoms with E-state index < -0.39 is 16.4 Å². The molecule has 2 N–H and O–H groups in total. The van der Waals surface area contributed by atoms with E-state index in [-0.39, 0.29) is 17.9 Å². The summed E-state index contributed by atoms with van der Waals surface area (Å²) in [4.78, 5) is 35.1. The Hall–Kier alpha value is -2.90. The van der Waals surface area contributed by atoms with Crippen LogP contribution in [0.1, 0.15) is 120 Å². The highest BCUT2D eigenvalue weighted by Crippen LogP contribution is 2.84. The van der Waals surface area contributed by atoms with Gasteiger partial charge in [-0.1, -0.05) is 76.5 Å². The second-order valence-corrected chi connectivity index (χ2v) is 18.4. The fourth-order valence-electron chi connectivity index (χ4n) is 13.1. The van der Waals surface area contributed by atoms with E-state index in [1.54, 1.807) is 0 Å². The van der Waals surface area contributed by atoms with Gasteiger partial charge in [0.25, 0.3) is 0 Å². The van der Waals surface area contributed by atoms with Crippen molar-refractivity contribution in [2.24, 2.45) is 52.1 Å². The molecule has 280 valence electrons. The molecule has 0 amide bonds. The van der Waals surface area contributed by atoms with Crippen LogP contribution in [0.25, 0.3) is 0 Å². The zero-order valence-corrected chi connectivity index (χ0v) is 32.1. The van der Waals surface area contributed by atoms with Gasteiger partial charge in [0.2, 0.25) is 0 Å². The van der Waals surface area contributed by atoms with Gasteiger partial charge in [-0.2, -0.15) is 0 Å². The molecule has 10 atom stereocenters. The number of benzene rings is 1. The van der Waals surface area contributed by atoms with Crippen LogP contribution in [-0.2, 0) is 26.3 Å². The van der Waals surface area contributed by atoms with Gasteiger partial charge in [0.15, 0.2) is 5.60 Å². The molecule has 4 fully saturated rings. The van der Waals surface area contributed by atoms with E-state index >= 15 is 4.79 Å². The number of rotatable bonds is 8. The molecule has 0 radical (unpaired) electrons. The van der Waals surface area contributed by atoms with Crippen LogP contribution in [0, 0.1) is 46.3 Å². The van der Waals surface area contributed by atoms with Gasteiger partial charge in [0, 0.05) is 55.3 Å². The maximum Gasteiger partial charge on any atom is 0.339 e. The summed E-state index contributed by atoms with van der Waals surface area (Å²) >= 11 is 0. The minimum atomic E-state index is -0.949. The molecule has 0 aromatic heterocycles. The van der Waals surface area contributed by atoms with Crippen molar-refractivity contribution >= 4 is 11.9 Å². The largest absolute Gasteiger partial charge is 0.449 e. The topological polar surface area (TPSA) is 85.1 Å². The highest BCUT2D eigenvalue weighted by molar-refractivity contribution is 5.99. The Bertz CT molecular complexity index is 1720. The second-order valence-electron chi connectivity index (χ2n) is 18.4. The molecule has 1 aromatic rings. The summed E-state index contributed by atoms with van der Waals surface area (Å²) in [5.74, 6) is 2.86. The third-order valence-electron chi connectivity index (χ3n) is 15.4. The van der Waals surface area contributed by atoms with Crippen LogP contribution in [0.3, 0.4) is 0 Å². The summed E-state index contributed by atoms with van der Waals surface area (Å²) in [6.45, 7) is 14.4. The van der Waals surface area contributed by atoms with Gasteiger partial charge in [-0.05, 0) is 106 Å². The predicted molar refractivity (Wildman–Crippen MR) is 203 cm³/mol. The number of nitrogens with zero attached hydrogens (tertiary/aromatic N) is 2. The van der Waals surface area contributed by atoms with E-state index in [1.165, 1.54) is 17.7 Å². The maximum atomic E-state index is 15.1. The standard InChI is InChI=1S/C45H61N3O4/c1-5-9-34-14-16-39-44-18-17-33(35-20-29(4)13-15-37(35)48-26-30-22-31(27-48)25-47(34)24-30)23-43(44,42(50)51-39)38(21-28(3)6-2)45(44)36-12-7-10-32(11-8-19-46)40(36)41(49)52-45/h7,10,12,15-16,23,28-31,34-35,38H,5-6,8-9,11,13-14,17-22,24-27,46H2,1-4H3. The Labute approximate surface area is 311 Å². The molecular formula is C45H61N3O4. The minimum Gasteiger partial charge on any atom is -0.449 e. The monoisotopic (exact) mass is 707 g/mol. The van der Waals surface area contributed by atoms with Gasteiger partial charge < -0.3 is 20.1 Å². The zero-order valence-electron chi connectivity index (χ0n) is 32.1. The number of esters is 2. The number of hydrogen-bond acceptors (Lipinski definition) is 7. The first-order valence-corrected chi connectivity index (χ1v) is 21.1. The molecule has 1 saturated carbocycles. The molecule has 8 bridgehead atoms.